The Hall–Kier alpha value is -1.58. The molecule has 2 aliphatic rings. The first kappa shape index (κ1) is 12.5. The molecule has 0 spiro atoms. The summed E-state index contributed by atoms with van der Waals surface area (Å²) in [6.07, 6.45) is 3.58. The van der Waals surface area contributed by atoms with Crippen molar-refractivity contribution in [3.8, 4) is 0 Å². The Morgan fingerprint density at radius 1 is 1.42 bits per heavy atom. The Morgan fingerprint density at radius 3 is 3.00 bits per heavy atom. The van der Waals surface area contributed by atoms with Gasteiger partial charge in [0, 0.05) is 32.2 Å². The molecule has 1 aromatic rings. The van der Waals surface area contributed by atoms with Gasteiger partial charge in [0.15, 0.2) is 5.96 Å². The molecule has 0 saturated heterocycles. The van der Waals surface area contributed by atoms with E-state index < -0.39 is 0 Å². The Morgan fingerprint density at radius 2 is 2.26 bits per heavy atom. The van der Waals surface area contributed by atoms with E-state index in [1.54, 1.807) is 6.07 Å². The number of aliphatic imine (C=N–C) groups is 1. The van der Waals surface area contributed by atoms with Gasteiger partial charge in [-0.25, -0.2) is 4.39 Å². The summed E-state index contributed by atoms with van der Waals surface area (Å²) in [4.78, 5) is 6.52. The number of rotatable bonds is 3. The maximum absolute atomic E-state index is 13.8. The Balaban J connectivity index is 1.68. The van der Waals surface area contributed by atoms with Gasteiger partial charge >= 0.3 is 0 Å². The molecule has 3 rings (SSSR count). The van der Waals surface area contributed by atoms with E-state index in [9.17, 15) is 4.39 Å². The van der Waals surface area contributed by atoms with Crippen LogP contribution in [0.3, 0.4) is 0 Å². The summed E-state index contributed by atoms with van der Waals surface area (Å²) in [6.45, 7) is 2.38. The van der Waals surface area contributed by atoms with Gasteiger partial charge in [-0.05, 0) is 36.8 Å². The predicted octanol–water partition coefficient (Wildman–Crippen LogP) is 2.48. The van der Waals surface area contributed by atoms with Crippen LogP contribution in [0.4, 0.5) is 4.39 Å². The molecule has 0 bridgehead atoms. The van der Waals surface area contributed by atoms with E-state index in [4.69, 9.17) is 0 Å². The Bertz CT molecular complexity index is 494. The number of nitrogens with zero attached hydrogens (tertiary/aromatic N) is 2. The molecule has 0 radical (unpaired) electrons. The van der Waals surface area contributed by atoms with Crippen molar-refractivity contribution in [1.82, 2.24) is 10.2 Å². The molecule has 19 heavy (non-hydrogen) atoms. The van der Waals surface area contributed by atoms with E-state index in [1.807, 2.05) is 19.2 Å². The van der Waals surface area contributed by atoms with Crippen LogP contribution in [-0.2, 0) is 6.54 Å². The molecule has 3 nitrogen and oxygen atoms in total. The number of guanidine groups is 1. The quantitative estimate of drug-likeness (QED) is 0.905. The first-order valence-electron chi connectivity index (χ1n) is 7.02. The average Bonchev–Trinajstić information content (AvgIpc) is 3.24. The highest BCUT2D eigenvalue weighted by Gasteiger charge is 2.24. The molecule has 0 amide bonds. The van der Waals surface area contributed by atoms with Crippen molar-refractivity contribution in [2.75, 3.05) is 20.1 Å². The maximum Gasteiger partial charge on any atom is 0.193 e. The van der Waals surface area contributed by atoms with Crippen molar-refractivity contribution < 1.29 is 4.39 Å². The van der Waals surface area contributed by atoms with Gasteiger partial charge < -0.3 is 10.2 Å². The van der Waals surface area contributed by atoms with Crippen LogP contribution in [0.15, 0.2) is 23.2 Å². The van der Waals surface area contributed by atoms with E-state index in [-0.39, 0.29) is 5.82 Å². The molecule has 1 aliphatic heterocycles. The van der Waals surface area contributed by atoms with E-state index in [0.29, 0.717) is 12.5 Å². The zero-order valence-corrected chi connectivity index (χ0v) is 11.3. The number of benzene rings is 1. The fourth-order valence-electron chi connectivity index (χ4n) is 2.49. The first-order valence-corrected chi connectivity index (χ1v) is 7.02. The highest BCUT2D eigenvalue weighted by atomic mass is 19.1. The van der Waals surface area contributed by atoms with Gasteiger partial charge in [0.1, 0.15) is 5.82 Å². The molecular weight excluding hydrogens is 241 g/mol. The van der Waals surface area contributed by atoms with Crippen LogP contribution in [0.2, 0.25) is 0 Å². The maximum atomic E-state index is 13.8. The molecule has 1 heterocycles. The van der Waals surface area contributed by atoms with Crippen LogP contribution in [0, 0.1) is 5.82 Å². The normalized spacial score (nSPS) is 19.3. The lowest BCUT2D eigenvalue weighted by molar-refractivity contribution is 0.445. The fourth-order valence-corrected chi connectivity index (χ4v) is 2.49. The lowest BCUT2D eigenvalue weighted by Crippen LogP contribution is -2.41. The van der Waals surface area contributed by atoms with Gasteiger partial charge in [0.2, 0.25) is 0 Å². The smallest absolute Gasteiger partial charge is 0.193 e. The molecule has 1 saturated carbocycles. The summed E-state index contributed by atoms with van der Waals surface area (Å²) in [5, 5.41) is 3.25. The van der Waals surface area contributed by atoms with Crippen LogP contribution in [0.25, 0.3) is 0 Å². The molecule has 0 unspecified atom stereocenters. The molecule has 1 N–H and O–H groups in total. The lowest BCUT2D eigenvalue weighted by Gasteiger charge is -2.25. The third kappa shape index (κ3) is 2.88. The average molecular weight is 261 g/mol. The third-order valence-corrected chi connectivity index (χ3v) is 3.83. The zero-order valence-electron chi connectivity index (χ0n) is 11.3. The minimum absolute atomic E-state index is 0.129. The summed E-state index contributed by atoms with van der Waals surface area (Å²) in [5.74, 6) is 1.41. The topological polar surface area (TPSA) is 27.6 Å². The van der Waals surface area contributed by atoms with E-state index in [2.05, 4.69) is 15.2 Å². The molecule has 1 fully saturated rings. The first-order chi connectivity index (χ1) is 9.24. The van der Waals surface area contributed by atoms with Crippen molar-refractivity contribution in [3.63, 3.8) is 0 Å². The lowest BCUT2D eigenvalue weighted by atomic mass is 10.1. The number of halogens is 1. The number of nitrogens with one attached hydrogen (secondary N) is 1. The molecule has 102 valence electrons. The van der Waals surface area contributed by atoms with E-state index in [0.717, 1.165) is 31.0 Å². The Labute approximate surface area is 113 Å². The number of hydrogen-bond acceptors (Lipinski definition) is 3. The molecule has 0 aromatic heterocycles. The van der Waals surface area contributed by atoms with Crippen LogP contribution >= 0.6 is 0 Å². The third-order valence-electron chi connectivity index (χ3n) is 3.83. The van der Waals surface area contributed by atoms with Crippen LogP contribution < -0.4 is 5.32 Å². The SMILES string of the molecule is CN1CCCN=C1NCc1cc(C2CC2)ccc1F. The second-order valence-corrected chi connectivity index (χ2v) is 5.46. The monoisotopic (exact) mass is 261 g/mol. The van der Waals surface area contributed by atoms with E-state index >= 15 is 0 Å². The zero-order chi connectivity index (χ0) is 13.2. The minimum atomic E-state index is -0.129. The van der Waals surface area contributed by atoms with Gasteiger partial charge in [-0.2, -0.15) is 0 Å². The Kier molecular flexibility index (Phi) is 3.40. The van der Waals surface area contributed by atoms with Crippen molar-refractivity contribution in [1.29, 1.82) is 0 Å². The summed E-state index contributed by atoms with van der Waals surface area (Å²) in [6, 6.07) is 5.52. The van der Waals surface area contributed by atoms with Crippen molar-refractivity contribution in [3.05, 3.63) is 35.1 Å². The standard InChI is InChI=1S/C15H20FN3/c1-19-8-2-7-17-15(19)18-10-13-9-12(11-3-4-11)5-6-14(13)16/h5-6,9,11H,2-4,7-8,10H2,1H3,(H,17,18). The van der Waals surface area contributed by atoms with Gasteiger partial charge in [-0.1, -0.05) is 12.1 Å². The highest BCUT2D eigenvalue weighted by molar-refractivity contribution is 5.80. The van der Waals surface area contributed by atoms with Gasteiger partial charge in [0.25, 0.3) is 0 Å². The van der Waals surface area contributed by atoms with Gasteiger partial charge in [-0.15, -0.1) is 0 Å². The van der Waals surface area contributed by atoms with Crippen molar-refractivity contribution in [2.45, 2.75) is 31.7 Å². The van der Waals surface area contributed by atoms with E-state index in [1.165, 1.54) is 18.4 Å². The number of hydrogen-bond donors (Lipinski definition) is 1. The van der Waals surface area contributed by atoms with Crippen LogP contribution in [-0.4, -0.2) is 31.0 Å². The summed E-state index contributed by atoms with van der Waals surface area (Å²) >= 11 is 0. The highest BCUT2D eigenvalue weighted by Crippen LogP contribution is 2.40. The molecular formula is C15H20FN3. The van der Waals surface area contributed by atoms with Gasteiger partial charge in [-0.3, -0.25) is 4.99 Å². The summed E-state index contributed by atoms with van der Waals surface area (Å²) < 4.78 is 13.8. The van der Waals surface area contributed by atoms with Crippen LogP contribution in [0.5, 0.6) is 0 Å². The molecule has 1 aliphatic carbocycles. The fraction of sp³-hybridized carbons (Fsp3) is 0.533. The molecule has 0 atom stereocenters. The minimum Gasteiger partial charge on any atom is -0.352 e. The summed E-state index contributed by atoms with van der Waals surface area (Å²) in [7, 11) is 2.02. The van der Waals surface area contributed by atoms with Crippen molar-refractivity contribution in [2.24, 2.45) is 4.99 Å². The van der Waals surface area contributed by atoms with Crippen molar-refractivity contribution >= 4 is 5.96 Å². The second kappa shape index (κ2) is 5.19. The molecule has 1 aromatic carbocycles. The van der Waals surface area contributed by atoms with Gasteiger partial charge in [0.05, 0.1) is 0 Å². The predicted molar refractivity (Wildman–Crippen MR) is 74.8 cm³/mol. The molecule has 4 heteroatoms. The van der Waals surface area contributed by atoms with Crippen LogP contribution in [0.1, 0.15) is 36.3 Å². The summed E-state index contributed by atoms with van der Waals surface area (Å²) in [5.41, 5.74) is 2.02. The second-order valence-electron chi connectivity index (χ2n) is 5.46. The largest absolute Gasteiger partial charge is 0.352 e.